The lowest BCUT2D eigenvalue weighted by molar-refractivity contribution is -0.132. The van der Waals surface area contributed by atoms with E-state index >= 15 is 0 Å². The van der Waals surface area contributed by atoms with Crippen LogP contribution >= 0.6 is 11.8 Å². The van der Waals surface area contributed by atoms with E-state index in [0.29, 0.717) is 29.1 Å². The molecular formula is C30H36N2O6S2. The van der Waals surface area contributed by atoms with Gasteiger partial charge in [0.25, 0.3) is 10.0 Å². The van der Waals surface area contributed by atoms with Gasteiger partial charge in [-0.2, -0.15) is 0 Å². The average molecular weight is 585 g/mol. The SMILES string of the molecule is CCCC(C(=O)N(CC1CCCC1)c1cc(O)c(O)c(Sc2ccccc2)c1C)N(O)S(=O)(=O)c1ccccc1. The zero-order chi connectivity index (χ0) is 28.9. The van der Waals surface area contributed by atoms with E-state index < -0.39 is 22.0 Å². The maximum Gasteiger partial charge on any atom is 0.265 e. The van der Waals surface area contributed by atoms with Crippen molar-refractivity contribution >= 4 is 33.4 Å². The number of hydroxylamine groups is 1. The first kappa shape index (κ1) is 29.9. The molecule has 0 radical (unpaired) electrons. The van der Waals surface area contributed by atoms with Crippen molar-refractivity contribution in [2.75, 3.05) is 11.4 Å². The van der Waals surface area contributed by atoms with Crippen molar-refractivity contribution in [1.82, 2.24) is 4.47 Å². The molecular weight excluding hydrogens is 548 g/mol. The molecule has 8 nitrogen and oxygen atoms in total. The molecule has 1 aliphatic rings. The lowest BCUT2D eigenvalue weighted by atomic mass is 10.0. The van der Waals surface area contributed by atoms with E-state index in [1.165, 1.54) is 34.9 Å². The maximum absolute atomic E-state index is 14.3. The molecule has 0 bridgehead atoms. The number of carbonyl (C=O) groups is 1. The fourth-order valence-corrected chi connectivity index (χ4v) is 7.37. The molecule has 3 aromatic carbocycles. The van der Waals surface area contributed by atoms with Crippen LogP contribution in [0.5, 0.6) is 11.5 Å². The van der Waals surface area contributed by atoms with Crippen molar-refractivity contribution in [1.29, 1.82) is 0 Å². The third-order valence-electron chi connectivity index (χ3n) is 7.29. The fraction of sp³-hybridized carbons (Fsp3) is 0.367. The van der Waals surface area contributed by atoms with Crippen LogP contribution in [0.2, 0.25) is 0 Å². The van der Waals surface area contributed by atoms with Crippen molar-refractivity contribution < 1.29 is 28.6 Å². The van der Waals surface area contributed by atoms with E-state index in [0.717, 1.165) is 30.6 Å². The number of carbonyl (C=O) groups excluding carboxylic acids is 1. The Balaban J connectivity index is 1.78. The van der Waals surface area contributed by atoms with Gasteiger partial charge in [0.05, 0.1) is 15.5 Å². The lowest BCUT2D eigenvalue weighted by Gasteiger charge is -2.33. The number of rotatable bonds is 11. The third kappa shape index (κ3) is 6.46. The highest BCUT2D eigenvalue weighted by Crippen LogP contribution is 2.46. The van der Waals surface area contributed by atoms with Gasteiger partial charge in [-0.1, -0.05) is 78.8 Å². The molecule has 1 atom stereocenters. The predicted molar refractivity (Wildman–Crippen MR) is 155 cm³/mol. The van der Waals surface area contributed by atoms with Crippen LogP contribution in [0.15, 0.2) is 81.4 Å². The van der Waals surface area contributed by atoms with Crippen LogP contribution in [0.3, 0.4) is 0 Å². The van der Waals surface area contributed by atoms with Gasteiger partial charge >= 0.3 is 0 Å². The summed E-state index contributed by atoms with van der Waals surface area (Å²) in [6.45, 7) is 3.89. The summed E-state index contributed by atoms with van der Waals surface area (Å²) in [6, 6.07) is 16.9. The highest BCUT2D eigenvalue weighted by Gasteiger charge is 2.39. The number of phenolic OH excluding ortho intramolecular Hbond substituents is 2. The lowest BCUT2D eigenvalue weighted by Crippen LogP contribution is -2.51. The van der Waals surface area contributed by atoms with Crippen molar-refractivity contribution in [3.05, 3.63) is 72.3 Å². The smallest absolute Gasteiger partial charge is 0.265 e. The summed E-state index contributed by atoms with van der Waals surface area (Å²) >= 11 is 1.26. The van der Waals surface area contributed by atoms with Gasteiger partial charge in [0, 0.05) is 17.5 Å². The Kier molecular flexibility index (Phi) is 9.78. The second-order valence-electron chi connectivity index (χ2n) is 10.1. The Morgan fingerprint density at radius 1 is 1.02 bits per heavy atom. The largest absolute Gasteiger partial charge is 0.504 e. The summed E-state index contributed by atoms with van der Waals surface area (Å²) in [4.78, 5) is 16.9. The number of benzene rings is 3. The van der Waals surface area contributed by atoms with Gasteiger partial charge in [-0.05, 0) is 61.9 Å². The minimum absolute atomic E-state index is 0.0945. The number of hydrogen-bond acceptors (Lipinski definition) is 7. The fourth-order valence-electron chi connectivity index (χ4n) is 5.14. The van der Waals surface area contributed by atoms with E-state index in [9.17, 15) is 28.6 Å². The molecule has 1 unspecified atom stereocenters. The quantitative estimate of drug-likeness (QED) is 0.178. The summed E-state index contributed by atoms with van der Waals surface area (Å²) in [5.41, 5.74) is 0.943. The third-order valence-corrected chi connectivity index (χ3v) is 10.1. The van der Waals surface area contributed by atoms with Crippen molar-refractivity contribution in [3.63, 3.8) is 0 Å². The van der Waals surface area contributed by atoms with Gasteiger partial charge in [0.2, 0.25) is 5.91 Å². The first-order chi connectivity index (χ1) is 19.1. The molecule has 0 aliphatic heterocycles. The molecule has 0 heterocycles. The molecule has 1 fully saturated rings. The Bertz CT molecular complexity index is 1410. The second kappa shape index (κ2) is 13.1. The molecule has 10 heteroatoms. The van der Waals surface area contributed by atoms with Crippen LogP contribution < -0.4 is 4.90 Å². The summed E-state index contributed by atoms with van der Waals surface area (Å²) in [5.74, 6) is -1.07. The van der Waals surface area contributed by atoms with Crippen molar-refractivity contribution in [2.45, 2.75) is 73.1 Å². The first-order valence-corrected chi connectivity index (χ1v) is 15.8. The van der Waals surface area contributed by atoms with Crippen LogP contribution in [0, 0.1) is 12.8 Å². The zero-order valence-corrected chi connectivity index (χ0v) is 24.4. The maximum atomic E-state index is 14.3. The molecule has 40 heavy (non-hydrogen) atoms. The number of aromatic hydroxyl groups is 2. The van der Waals surface area contributed by atoms with Gasteiger partial charge in [-0.3, -0.25) is 10.0 Å². The van der Waals surface area contributed by atoms with Gasteiger partial charge in [0.15, 0.2) is 11.5 Å². The Hall–Kier alpha value is -3.05. The van der Waals surface area contributed by atoms with Gasteiger partial charge < -0.3 is 15.1 Å². The molecule has 0 aromatic heterocycles. The number of phenols is 2. The normalized spacial score (nSPS) is 14.9. The van der Waals surface area contributed by atoms with Crippen LogP contribution in [0.25, 0.3) is 0 Å². The van der Waals surface area contributed by atoms with Gasteiger partial charge in [-0.15, -0.1) is 0 Å². The van der Waals surface area contributed by atoms with Gasteiger partial charge in [0.1, 0.15) is 6.04 Å². The minimum Gasteiger partial charge on any atom is -0.504 e. The Morgan fingerprint density at radius 3 is 2.23 bits per heavy atom. The summed E-state index contributed by atoms with van der Waals surface area (Å²) in [5, 5.41) is 32.6. The molecule has 1 amide bonds. The summed E-state index contributed by atoms with van der Waals surface area (Å²) in [7, 11) is -4.37. The van der Waals surface area contributed by atoms with Gasteiger partial charge in [-0.25, -0.2) is 8.42 Å². The predicted octanol–water partition coefficient (Wildman–Crippen LogP) is 6.33. The van der Waals surface area contributed by atoms with E-state index in [1.807, 2.05) is 37.3 Å². The topological polar surface area (TPSA) is 118 Å². The first-order valence-electron chi connectivity index (χ1n) is 13.5. The monoisotopic (exact) mass is 584 g/mol. The van der Waals surface area contributed by atoms with E-state index in [4.69, 9.17) is 0 Å². The van der Waals surface area contributed by atoms with Crippen LogP contribution in [0.1, 0.15) is 51.0 Å². The molecule has 3 N–H and O–H groups in total. The van der Waals surface area contributed by atoms with E-state index in [1.54, 1.807) is 25.1 Å². The number of anilines is 1. The molecule has 0 saturated heterocycles. The Morgan fingerprint density at radius 2 is 1.62 bits per heavy atom. The summed E-state index contributed by atoms with van der Waals surface area (Å²) < 4.78 is 26.8. The molecule has 4 rings (SSSR count). The standard InChI is InChI=1S/C30H36N2O6S2/c1-3-12-25(32(36)40(37,38)24-17-8-5-9-18-24)30(35)31(20-22-13-10-11-14-22)26-19-27(33)28(34)29(21(26)2)39-23-15-6-4-7-16-23/h4-9,15-19,22,25,33-34,36H,3,10-14,20H2,1-2H3. The number of amides is 1. The highest BCUT2D eigenvalue weighted by atomic mass is 32.2. The molecule has 0 spiro atoms. The Labute approximate surface area is 240 Å². The van der Waals surface area contributed by atoms with Crippen LogP contribution in [-0.4, -0.2) is 46.8 Å². The van der Waals surface area contributed by atoms with Crippen LogP contribution in [0.4, 0.5) is 5.69 Å². The summed E-state index contributed by atoms with van der Waals surface area (Å²) in [6.07, 6.45) is 4.45. The molecule has 1 aliphatic carbocycles. The van der Waals surface area contributed by atoms with Crippen molar-refractivity contribution in [3.8, 4) is 11.5 Å². The number of nitrogens with zero attached hydrogens (tertiary/aromatic N) is 2. The minimum atomic E-state index is -4.37. The molecule has 3 aromatic rings. The highest BCUT2D eigenvalue weighted by molar-refractivity contribution is 7.99. The zero-order valence-electron chi connectivity index (χ0n) is 22.7. The molecule has 214 valence electrons. The molecule has 1 saturated carbocycles. The average Bonchev–Trinajstić information content (AvgIpc) is 3.48. The van der Waals surface area contributed by atoms with E-state index in [2.05, 4.69) is 0 Å². The van der Waals surface area contributed by atoms with Crippen LogP contribution in [-0.2, 0) is 14.8 Å². The second-order valence-corrected chi connectivity index (χ2v) is 13.0. The number of hydrogen-bond donors (Lipinski definition) is 3. The number of sulfonamides is 1. The van der Waals surface area contributed by atoms with Crippen molar-refractivity contribution in [2.24, 2.45) is 5.92 Å². The van der Waals surface area contributed by atoms with E-state index in [-0.39, 0.29) is 33.2 Å².